The molecule has 0 saturated heterocycles. The lowest BCUT2D eigenvalue weighted by molar-refractivity contribution is -0.384. The molecule has 2 rings (SSSR count). The van der Waals surface area contributed by atoms with Gasteiger partial charge in [-0.3, -0.25) is 14.9 Å². The van der Waals surface area contributed by atoms with Crippen LogP contribution in [0.25, 0.3) is 0 Å². The van der Waals surface area contributed by atoms with Gasteiger partial charge in [-0.1, -0.05) is 44.2 Å². The van der Waals surface area contributed by atoms with Crippen LogP contribution in [0.5, 0.6) is 0 Å². The largest absolute Gasteiger partial charge is 0.379 e. The zero-order valence-corrected chi connectivity index (χ0v) is 14.7. The molecule has 0 aliphatic heterocycles. The summed E-state index contributed by atoms with van der Waals surface area (Å²) < 4.78 is 0. The fourth-order valence-electron chi connectivity index (χ4n) is 2.64. The molecule has 0 aromatic heterocycles. The van der Waals surface area contributed by atoms with Crippen LogP contribution in [0, 0.1) is 17.0 Å². The maximum absolute atomic E-state index is 12.3. The van der Waals surface area contributed by atoms with E-state index < -0.39 is 4.92 Å². The number of aryl methyl sites for hydroxylation is 1. The van der Waals surface area contributed by atoms with Gasteiger partial charge in [0.1, 0.15) is 5.69 Å². The van der Waals surface area contributed by atoms with Gasteiger partial charge in [-0.2, -0.15) is 0 Å². The summed E-state index contributed by atoms with van der Waals surface area (Å²) in [6.07, 6.45) is 0.220. The average Bonchev–Trinajstić information content (AvgIpc) is 2.56. The molecule has 25 heavy (non-hydrogen) atoms. The van der Waals surface area contributed by atoms with Crippen LogP contribution >= 0.6 is 0 Å². The van der Waals surface area contributed by atoms with Gasteiger partial charge in [-0.25, -0.2) is 0 Å². The molecule has 0 heterocycles. The molecule has 0 bridgehead atoms. The van der Waals surface area contributed by atoms with Crippen LogP contribution in [-0.2, 0) is 4.79 Å². The Labute approximate surface area is 147 Å². The van der Waals surface area contributed by atoms with E-state index in [-0.39, 0.29) is 18.0 Å². The lowest BCUT2D eigenvalue weighted by atomic mass is 9.98. The van der Waals surface area contributed by atoms with Gasteiger partial charge < -0.3 is 10.6 Å². The van der Waals surface area contributed by atoms with Crippen LogP contribution < -0.4 is 10.6 Å². The molecular formula is C19H23N3O3. The number of anilines is 2. The smallest absolute Gasteiger partial charge is 0.292 e. The maximum atomic E-state index is 12.3. The molecule has 1 amide bonds. The first kappa shape index (κ1) is 18.4. The van der Waals surface area contributed by atoms with Gasteiger partial charge in [-0.15, -0.1) is 0 Å². The molecule has 0 fully saturated rings. The number of benzene rings is 2. The van der Waals surface area contributed by atoms with Gasteiger partial charge in [0.15, 0.2) is 0 Å². The number of rotatable bonds is 7. The summed E-state index contributed by atoms with van der Waals surface area (Å²) in [6.45, 7) is 6.45. The number of amides is 1. The average molecular weight is 341 g/mol. The van der Waals surface area contributed by atoms with Crippen molar-refractivity contribution in [3.8, 4) is 0 Å². The molecular weight excluding hydrogens is 318 g/mol. The second-order valence-electron chi connectivity index (χ2n) is 6.19. The van der Waals surface area contributed by atoms with Crippen molar-refractivity contribution in [1.29, 1.82) is 0 Å². The molecule has 0 unspecified atom stereocenters. The van der Waals surface area contributed by atoms with Crippen LogP contribution in [0.2, 0.25) is 0 Å². The molecule has 0 atom stereocenters. The van der Waals surface area contributed by atoms with E-state index in [1.165, 1.54) is 6.07 Å². The first-order chi connectivity index (χ1) is 11.9. The van der Waals surface area contributed by atoms with Crippen LogP contribution in [0.4, 0.5) is 17.1 Å². The summed E-state index contributed by atoms with van der Waals surface area (Å²) >= 11 is 0. The SMILES string of the molecule is Cc1cccc(C(C)C)c1NC(=O)CCNc1ccccc1[N+](=O)[O-]. The van der Waals surface area contributed by atoms with Crippen molar-refractivity contribution >= 4 is 23.0 Å². The van der Waals surface area contributed by atoms with Crippen molar-refractivity contribution < 1.29 is 9.72 Å². The topological polar surface area (TPSA) is 84.3 Å². The Hall–Kier alpha value is -2.89. The Morgan fingerprint density at radius 2 is 1.88 bits per heavy atom. The van der Waals surface area contributed by atoms with E-state index in [1.54, 1.807) is 18.2 Å². The van der Waals surface area contributed by atoms with E-state index in [1.807, 2.05) is 25.1 Å². The monoisotopic (exact) mass is 341 g/mol. The van der Waals surface area contributed by atoms with E-state index in [0.29, 0.717) is 18.2 Å². The second-order valence-corrected chi connectivity index (χ2v) is 6.19. The first-order valence-electron chi connectivity index (χ1n) is 8.26. The number of nitro groups is 1. The highest BCUT2D eigenvalue weighted by atomic mass is 16.6. The molecule has 0 radical (unpaired) electrons. The van der Waals surface area contributed by atoms with Gasteiger partial charge >= 0.3 is 0 Å². The van der Waals surface area contributed by atoms with E-state index in [2.05, 4.69) is 24.5 Å². The second kappa shape index (κ2) is 8.28. The molecule has 132 valence electrons. The van der Waals surface area contributed by atoms with E-state index in [9.17, 15) is 14.9 Å². The van der Waals surface area contributed by atoms with Crippen LogP contribution in [0.3, 0.4) is 0 Å². The molecule has 0 spiro atoms. The number of carbonyl (C=O) groups is 1. The van der Waals surface area contributed by atoms with Gasteiger partial charge in [0, 0.05) is 24.7 Å². The third-order valence-corrected chi connectivity index (χ3v) is 3.96. The van der Waals surface area contributed by atoms with Gasteiger partial charge in [0.25, 0.3) is 5.69 Å². The quantitative estimate of drug-likeness (QED) is 0.575. The van der Waals surface area contributed by atoms with E-state index in [0.717, 1.165) is 16.8 Å². The number of para-hydroxylation sites is 3. The zero-order valence-electron chi connectivity index (χ0n) is 14.7. The molecule has 6 nitrogen and oxygen atoms in total. The standard InChI is InChI=1S/C19H23N3O3/c1-13(2)15-8-6-7-14(3)19(15)21-18(23)11-12-20-16-9-4-5-10-17(16)22(24)25/h4-10,13,20H,11-12H2,1-3H3,(H,21,23). The summed E-state index contributed by atoms with van der Waals surface area (Å²) in [7, 11) is 0. The molecule has 6 heteroatoms. The highest BCUT2D eigenvalue weighted by Gasteiger charge is 2.14. The number of nitrogens with one attached hydrogen (secondary N) is 2. The fourth-order valence-corrected chi connectivity index (χ4v) is 2.64. The van der Waals surface area contributed by atoms with Crippen molar-refractivity contribution in [2.24, 2.45) is 0 Å². The Balaban J connectivity index is 1.98. The summed E-state index contributed by atoms with van der Waals surface area (Å²) in [4.78, 5) is 22.8. The lowest BCUT2D eigenvalue weighted by Gasteiger charge is -2.16. The van der Waals surface area contributed by atoms with Crippen LogP contribution in [0.15, 0.2) is 42.5 Å². The minimum atomic E-state index is -0.440. The normalized spacial score (nSPS) is 10.6. The number of carbonyl (C=O) groups excluding carboxylic acids is 1. The van der Waals surface area contributed by atoms with Crippen molar-refractivity contribution in [3.05, 3.63) is 63.7 Å². The van der Waals surface area contributed by atoms with Crippen molar-refractivity contribution in [2.75, 3.05) is 17.2 Å². The maximum Gasteiger partial charge on any atom is 0.292 e. The first-order valence-corrected chi connectivity index (χ1v) is 8.26. The third kappa shape index (κ3) is 4.79. The number of hydrogen-bond donors (Lipinski definition) is 2. The molecule has 2 aromatic carbocycles. The lowest BCUT2D eigenvalue weighted by Crippen LogP contribution is -2.18. The van der Waals surface area contributed by atoms with Crippen molar-refractivity contribution in [1.82, 2.24) is 0 Å². The fraction of sp³-hybridized carbons (Fsp3) is 0.316. The molecule has 2 aromatic rings. The van der Waals surface area contributed by atoms with Crippen molar-refractivity contribution in [3.63, 3.8) is 0 Å². The number of nitro benzene ring substituents is 1. The predicted molar refractivity (Wildman–Crippen MR) is 100 cm³/mol. The minimum Gasteiger partial charge on any atom is -0.379 e. The Bertz CT molecular complexity index is 772. The number of hydrogen-bond acceptors (Lipinski definition) is 4. The molecule has 0 saturated carbocycles. The molecule has 0 aliphatic rings. The zero-order chi connectivity index (χ0) is 18.4. The Morgan fingerprint density at radius 1 is 1.16 bits per heavy atom. The minimum absolute atomic E-state index is 0.00362. The van der Waals surface area contributed by atoms with Crippen LogP contribution in [0.1, 0.15) is 37.3 Å². The van der Waals surface area contributed by atoms with Gasteiger partial charge in [0.05, 0.1) is 4.92 Å². The van der Waals surface area contributed by atoms with Crippen molar-refractivity contribution in [2.45, 2.75) is 33.1 Å². The highest BCUT2D eigenvalue weighted by Crippen LogP contribution is 2.27. The predicted octanol–water partition coefficient (Wildman–Crippen LogP) is 4.47. The van der Waals surface area contributed by atoms with Gasteiger partial charge in [-0.05, 0) is 30.0 Å². The third-order valence-electron chi connectivity index (χ3n) is 3.96. The summed E-state index contributed by atoms with van der Waals surface area (Å²) in [5.41, 5.74) is 3.39. The molecule has 2 N–H and O–H groups in total. The summed E-state index contributed by atoms with van der Waals surface area (Å²) in [6, 6.07) is 12.4. The van der Waals surface area contributed by atoms with Gasteiger partial charge in [0.2, 0.25) is 5.91 Å². The Morgan fingerprint density at radius 3 is 2.56 bits per heavy atom. The van der Waals surface area contributed by atoms with E-state index >= 15 is 0 Å². The highest BCUT2D eigenvalue weighted by molar-refractivity contribution is 5.92. The summed E-state index contributed by atoms with van der Waals surface area (Å²) in [5.74, 6) is 0.183. The Kier molecular flexibility index (Phi) is 6.11. The summed E-state index contributed by atoms with van der Waals surface area (Å²) in [5, 5.41) is 16.9. The van der Waals surface area contributed by atoms with Crippen LogP contribution in [-0.4, -0.2) is 17.4 Å². The number of nitrogens with zero attached hydrogens (tertiary/aromatic N) is 1. The molecule has 0 aliphatic carbocycles. The van der Waals surface area contributed by atoms with E-state index in [4.69, 9.17) is 0 Å².